The van der Waals surface area contributed by atoms with Gasteiger partial charge in [-0.05, 0) is 49.7 Å². The zero-order chi connectivity index (χ0) is 40.2. The molecule has 0 aliphatic carbocycles. The van der Waals surface area contributed by atoms with Gasteiger partial charge in [0.1, 0.15) is 0 Å². The van der Waals surface area contributed by atoms with Gasteiger partial charge in [-0.15, -0.1) is 0 Å². The van der Waals surface area contributed by atoms with Gasteiger partial charge in [0.15, 0.2) is 0 Å². The van der Waals surface area contributed by atoms with Crippen molar-refractivity contribution in [3.05, 3.63) is 35.4 Å². The van der Waals surface area contributed by atoms with E-state index in [-0.39, 0.29) is 51.4 Å². The zero-order valence-corrected chi connectivity index (χ0v) is 29.7. The van der Waals surface area contributed by atoms with Crippen molar-refractivity contribution in [1.29, 1.82) is 0 Å². The van der Waals surface area contributed by atoms with Crippen molar-refractivity contribution in [2.45, 2.75) is 141 Å². The number of unbranched alkanes of at least 4 members (excludes halogenated alkanes) is 11. The van der Waals surface area contributed by atoms with Crippen molar-refractivity contribution in [2.24, 2.45) is 0 Å². The van der Waals surface area contributed by atoms with Crippen LogP contribution < -0.4 is 0 Å². The van der Waals surface area contributed by atoms with Gasteiger partial charge in [0.25, 0.3) is 0 Å². The zero-order valence-electron chi connectivity index (χ0n) is 29.7. The molecule has 1 rings (SSSR count). The number of hydrogen-bond donors (Lipinski definition) is 8. The first-order chi connectivity index (χ1) is 24.5. The van der Waals surface area contributed by atoms with Crippen LogP contribution in [0.5, 0.6) is 0 Å². The molecule has 0 aliphatic heterocycles. The number of benzene rings is 1. The molecule has 0 radical (unpaired) electrons. The minimum absolute atomic E-state index is 0.135. The molecular weight excluding hydrogens is 688 g/mol. The highest BCUT2D eigenvalue weighted by atomic mass is 16.4. The second-order valence-corrected chi connectivity index (χ2v) is 11.7. The van der Waals surface area contributed by atoms with Crippen molar-refractivity contribution in [2.75, 3.05) is 0 Å². The quantitative estimate of drug-likeness (QED) is 0.0464. The van der Waals surface area contributed by atoms with Crippen molar-refractivity contribution < 1.29 is 79.2 Å². The fourth-order valence-corrected chi connectivity index (χ4v) is 4.30. The highest BCUT2D eigenvalue weighted by Crippen LogP contribution is 2.11. The smallest absolute Gasteiger partial charge is 0.307 e. The molecule has 1 aromatic carbocycles. The van der Waals surface area contributed by atoms with Gasteiger partial charge in [-0.1, -0.05) is 75.6 Å². The molecule has 0 saturated heterocycles. The monoisotopic (exact) mass is 744 g/mol. The maximum Gasteiger partial charge on any atom is 0.307 e. The number of hydrogen-bond acceptors (Lipinski definition) is 8. The number of carbonyl (C=O) groups is 8. The third kappa shape index (κ3) is 47.1. The molecule has 0 spiro atoms. The van der Waals surface area contributed by atoms with Crippen LogP contribution in [0.2, 0.25) is 0 Å². The van der Waals surface area contributed by atoms with Gasteiger partial charge in [0.05, 0.1) is 12.8 Å². The van der Waals surface area contributed by atoms with Crippen LogP contribution in [0.4, 0.5) is 0 Å². The SMILES string of the molecule is O=C(O)CCCCCC(=O)O.O=C(O)CCCCCCCC(=O)O.O=C(O)CCCCCCCCC(=O)O.O=C(O)Cc1ccccc1CC(=O)O. The number of carboxylic acids is 8. The van der Waals surface area contributed by atoms with E-state index >= 15 is 0 Å². The lowest BCUT2D eigenvalue weighted by Crippen LogP contribution is -2.07. The summed E-state index contributed by atoms with van der Waals surface area (Å²) in [6.07, 6.45) is 12.2. The van der Waals surface area contributed by atoms with Gasteiger partial charge in [0.2, 0.25) is 0 Å². The van der Waals surface area contributed by atoms with Gasteiger partial charge in [0, 0.05) is 38.5 Å². The van der Waals surface area contributed by atoms with E-state index in [1.807, 2.05) is 0 Å². The Labute approximate surface area is 303 Å². The van der Waals surface area contributed by atoms with E-state index in [0.29, 0.717) is 43.2 Å². The summed E-state index contributed by atoms with van der Waals surface area (Å²) in [5.41, 5.74) is 1.12. The Bertz CT molecular complexity index is 1110. The van der Waals surface area contributed by atoms with Crippen molar-refractivity contribution in [3.63, 3.8) is 0 Å². The van der Waals surface area contributed by atoms with Crippen LogP contribution in [0.1, 0.15) is 140 Å². The van der Waals surface area contributed by atoms with Crippen molar-refractivity contribution in [3.8, 4) is 0 Å². The van der Waals surface area contributed by atoms with Crippen LogP contribution in [-0.2, 0) is 51.2 Å². The Balaban J connectivity index is -0.000000618. The van der Waals surface area contributed by atoms with E-state index in [1.54, 1.807) is 24.3 Å². The van der Waals surface area contributed by atoms with Crippen LogP contribution in [0.3, 0.4) is 0 Å². The number of rotatable bonds is 27. The summed E-state index contributed by atoms with van der Waals surface area (Å²) < 4.78 is 0. The van der Waals surface area contributed by atoms with Crippen LogP contribution in [0, 0.1) is 0 Å². The molecule has 0 fully saturated rings. The van der Waals surface area contributed by atoms with Gasteiger partial charge in [-0.3, -0.25) is 38.4 Å². The van der Waals surface area contributed by atoms with Crippen molar-refractivity contribution >= 4 is 47.8 Å². The Morgan fingerprint density at radius 2 is 0.462 bits per heavy atom. The molecule has 16 nitrogen and oxygen atoms in total. The molecule has 296 valence electrons. The summed E-state index contributed by atoms with van der Waals surface area (Å²) >= 11 is 0. The molecular formula is C36H56O16. The van der Waals surface area contributed by atoms with E-state index < -0.39 is 47.8 Å². The number of aliphatic carboxylic acids is 8. The second kappa shape index (κ2) is 35.8. The Morgan fingerprint density at radius 3 is 0.635 bits per heavy atom. The van der Waals surface area contributed by atoms with Crippen LogP contribution >= 0.6 is 0 Å². The van der Waals surface area contributed by atoms with E-state index in [4.69, 9.17) is 40.9 Å². The molecule has 0 atom stereocenters. The average Bonchev–Trinajstić information content (AvgIpc) is 3.02. The van der Waals surface area contributed by atoms with Crippen LogP contribution in [-0.4, -0.2) is 88.6 Å². The molecule has 0 unspecified atom stereocenters. The first-order valence-corrected chi connectivity index (χ1v) is 17.3. The molecule has 8 N–H and O–H groups in total. The topological polar surface area (TPSA) is 298 Å². The van der Waals surface area contributed by atoms with Crippen LogP contribution in [0.25, 0.3) is 0 Å². The lowest BCUT2D eigenvalue weighted by molar-refractivity contribution is -0.138. The molecule has 0 heterocycles. The minimum atomic E-state index is -0.956. The molecule has 0 amide bonds. The highest BCUT2D eigenvalue weighted by molar-refractivity contribution is 5.74. The normalized spacial score (nSPS) is 9.77. The Kier molecular flexibility index (Phi) is 35.3. The van der Waals surface area contributed by atoms with Gasteiger partial charge in [-0.2, -0.15) is 0 Å². The second-order valence-electron chi connectivity index (χ2n) is 11.7. The van der Waals surface area contributed by atoms with E-state index in [2.05, 4.69) is 0 Å². The number of carboxylic acid groups (broad SMARTS) is 8. The third-order valence-corrected chi connectivity index (χ3v) is 6.90. The minimum Gasteiger partial charge on any atom is -0.481 e. The summed E-state index contributed by atoms with van der Waals surface area (Å²) in [6.45, 7) is 0. The summed E-state index contributed by atoms with van der Waals surface area (Å²) in [5.74, 6) is -6.55. The largest absolute Gasteiger partial charge is 0.481 e. The predicted octanol–water partition coefficient (Wildman–Crippen LogP) is 6.21. The predicted molar refractivity (Wildman–Crippen MR) is 187 cm³/mol. The highest BCUT2D eigenvalue weighted by Gasteiger charge is 2.08. The van der Waals surface area contributed by atoms with E-state index in [0.717, 1.165) is 57.8 Å². The Morgan fingerprint density at radius 1 is 0.288 bits per heavy atom. The molecule has 0 saturated carbocycles. The Hall–Kier alpha value is -5.02. The molecule has 0 aliphatic rings. The van der Waals surface area contributed by atoms with Crippen molar-refractivity contribution in [1.82, 2.24) is 0 Å². The fraction of sp³-hybridized carbons (Fsp3) is 0.611. The summed E-state index contributed by atoms with van der Waals surface area (Å²) in [4.78, 5) is 81.4. The maximum atomic E-state index is 10.5. The van der Waals surface area contributed by atoms with Gasteiger partial charge >= 0.3 is 47.8 Å². The maximum absolute atomic E-state index is 10.5. The average molecular weight is 745 g/mol. The van der Waals surface area contributed by atoms with E-state index in [1.165, 1.54) is 0 Å². The van der Waals surface area contributed by atoms with Gasteiger partial charge < -0.3 is 40.9 Å². The molecule has 52 heavy (non-hydrogen) atoms. The first-order valence-electron chi connectivity index (χ1n) is 17.3. The summed E-state index contributed by atoms with van der Waals surface area (Å²) in [7, 11) is 0. The summed E-state index contributed by atoms with van der Waals surface area (Å²) in [5, 5.41) is 66.9. The lowest BCUT2D eigenvalue weighted by Gasteiger charge is -2.04. The molecule has 1 aromatic rings. The molecule has 0 bridgehead atoms. The fourth-order valence-electron chi connectivity index (χ4n) is 4.30. The molecule has 0 aromatic heterocycles. The van der Waals surface area contributed by atoms with Crippen LogP contribution in [0.15, 0.2) is 24.3 Å². The standard InChI is InChI=1S/C10H10O4.C10H18O4.C9H16O4.C7H12O4/c11-9(12)5-7-3-1-2-4-8(7)6-10(13)14;11-9(12)7-5-3-1-2-4-6-8-10(13)14;10-8(11)6-4-2-1-3-5-7-9(12)13;8-6(9)4-2-1-3-5-7(10)11/h1-4H,5-6H2,(H,11,12)(H,13,14);1-8H2,(H,11,12)(H,13,14);1-7H2,(H,10,11)(H,12,13);1-5H2,(H,8,9)(H,10,11). The third-order valence-electron chi connectivity index (χ3n) is 6.90. The first kappa shape index (κ1) is 51.4. The molecule has 16 heteroatoms. The van der Waals surface area contributed by atoms with Gasteiger partial charge in [-0.25, -0.2) is 0 Å². The van der Waals surface area contributed by atoms with E-state index in [9.17, 15) is 38.4 Å². The summed E-state index contributed by atoms with van der Waals surface area (Å²) in [6, 6.07) is 6.66. The lowest BCUT2D eigenvalue weighted by atomic mass is 10.0.